The van der Waals surface area contributed by atoms with Gasteiger partial charge in [-0.1, -0.05) is 200 Å². The van der Waals surface area contributed by atoms with Crippen LogP contribution < -0.4 is 4.90 Å². The molecule has 0 radical (unpaired) electrons. The Kier molecular flexibility index (Phi) is 8.56. The lowest BCUT2D eigenvalue weighted by molar-refractivity contribution is 1.28. The highest BCUT2D eigenvalue weighted by atomic mass is 15.1. The van der Waals surface area contributed by atoms with Crippen molar-refractivity contribution in [2.24, 2.45) is 0 Å². The fourth-order valence-electron chi connectivity index (χ4n) is 9.08. The second-order valence-electron chi connectivity index (χ2n) is 15.2. The predicted molar refractivity (Wildman–Crippen MR) is 253 cm³/mol. The van der Waals surface area contributed by atoms with Crippen molar-refractivity contribution in [1.29, 1.82) is 0 Å². The van der Waals surface area contributed by atoms with E-state index in [0.29, 0.717) is 0 Å². The molecule has 11 aromatic rings. The summed E-state index contributed by atoms with van der Waals surface area (Å²) >= 11 is 0. The first-order valence-electron chi connectivity index (χ1n) is 20.3. The van der Waals surface area contributed by atoms with Crippen LogP contribution in [0.5, 0.6) is 0 Å². The standard InChI is InChI=1S/C58H39N/c1-2-15-40(16-3-1)41-31-35-46(36-32-41)59(47-37-33-44(34-38-47)49-27-12-20-42-17-4-7-22-48(42)49)57-30-14-29-55(58(57)54-28-13-21-43-18-5-8-23-50(43)54)56-39-45-19-6-9-24-51(45)52-25-10-11-26-53(52)56/h1-39H. The molecule has 11 rings (SSSR count). The number of benzene rings is 11. The summed E-state index contributed by atoms with van der Waals surface area (Å²) in [7, 11) is 0. The Bertz CT molecular complexity index is 3300. The summed E-state index contributed by atoms with van der Waals surface area (Å²) in [6.45, 7) is 0. The van der Waals surface area contributed by atoms with Gasteiger partial charge in [-0.3, -0.25) is 0 Å². The zero-order valence-corrected chi connectivity index (χ0v) is 32.5. The first-order valence-corrected chi connectivity index (χ1v) is 20.3. The van der Waals surface area contributed by atoms with Crippen LogP contribution in [-0.2, 0) is 0 Å². The van der Waals surface area contributed by atoms with Gasteiger partial charge in [0.05, 0.1) is 5.69 Å². The van der Waals surface area contributed by atoms with Crippen LogP contribution in [-0.4, -0.2) is 0 Å². The van der Waals surface area contributed by atoms with Gasteiger partial charge in [0.25, 0.3) is 0 Å². The molecule has 59 heavy (non-hydrogen) atoms. The summed E-state index contributed by atoms with van der Waals surface area (Å²) < 4.78 is 0. The van der Waals surface area contributed by atoms with E-state index in [0.717, 1.165) is 17.1 Å². The third-order valence-electron chi connectivity index (χ3n) is 11.9. The van der Waals surface area contributed by atoms with E-state index in [9.17, 15) is 0 Å². The van der Waals surface area contributed by atoms with Crippen LogP contribution in [0.3, 0.4) is 0 Å². The summed E-state index contributed by atoms with van der Waals surface area (Å²) in [4.78, 5) is 2.45. The smallest absolute Gasteiger partial charge is 0.0546 e. The number of hydrogen-bond acceptors (Lipinski definition) is 1. The molecular formula is C58H39N. The van der Waals surface area contributed by atoms with Gasteiger partial charge in [0.2, 0.25) is 0 Å². The maximum Gasteiger partial charge on any atom is 0.0546 e. The molecule has 0 aliphatic carbocycles. The number of fused-ring (bicyclic) bond motifs is 5. The lowest BCUT2D eigenvalue weighted by atomic mass is 9.86. The van der Waals surface area contributed by atoms with E-state index in [2.05, 4.69) is 241 Å². The summed E-state index contributed by atoms with van der Waals surface area (Å²) in [5.74, 6) is 0. The van der Waals surface area contributed by atoms with Crippen molar-refractivity contribution in [2.75, 3.05) is 4.90 Å². The molecule has 1 nitrogen and oxygen atoms in total. The van der Waals surface area contributed by atoms with Crippen LogP contribution >= 0.6 is 0 Å². The molecule has 0 amide bonds. The summed E-state index contributed by atoms with van der Waals surface area (Å²) in [5.41, 5.74) is 12.9. The largest absolute Gasteiger partial charge is 0.310 e. The van der Waals surface area contributed by atoms with Gasteiger partial charge in [0, 0.05) is 16.9 Å². The molecule has 11 aromatic carbocycles. The van der Waals surface area contributed by atoms with E-state index < -0.39 is 0 Å². The average molecular weight is 750 g/mol. The minimum Gasteiger partial charge on any atom is -0.310 e. The highest BCUT2D eigenvalue weighted by molar-refractivity contribution is 6.17. The minimum atomic E-state index is 1.09. The van der Waals surface area contributed by atoms with Crippen molar-refractivity contribution >= 4 is 60.2 Å². The fraction of sp³-hybridized carbons (Fsp3) is 0. The molecule has 0 saturated heterocycles. The Morgan fingerprint density at radius 1 is 0.237 bits per heavy atom. The molecule has 0 atom stereocenters. The van der Waals surface area contributed by atoms with Crippen molar-refractivity contribution < 1.29 is 0 Å². The molecular weight excluding hydrogens is 711 g/mol. The van der Waals surface area contributed by atoms with E-state index >= 15 is 0 Å². The maximum absolute atomic E-state index is 2.45. The zero-order valence-electron chi connectivity index (χ0n) is 32.5. The van der Waals surface area contributed by atoms with Gasteiger partial charge in [0.15, 0.2) is 0 Å². The van der Waals surface area contributed by atoms with Crippen LogP contribution in [0.2, 0.25) is 0 Å². The highest BCUT2D eigenvalue weighted by Gasteiger charge is 2.23. The van der Waals surface area contributed by atoms with E-state index in [1.54, 1.807) is 0 Å². The van der Waals surface area contributed by atoms with Gasteiger partial charge in [-0.15, -0.1) is 0 Å². The molecule has 1 heteroatoms. The lowest BCUT2D eigenvalue weighted by Gasteiger charge is -2.30. The highest BCUT2D eigenvalue weighted by Crippen LogP contribution is 2.49. The molecule has 0 aromatic heterocycles. The molecule has 0 saturated carbocycles. The Labute approximate surface area is 344 Å². The lowest BCUT2D eigenvalue weighted by Crippen LogP contribution is -2.12. The van der Waals surface area contributed by atoms with E-state index in [1.807, 2.05) is 0 Å². The van der Waals surface area contributed by atoms with E-state index in [1.165, 1.54) is 87.6 Å². The SMILES string of the molecule is c1ccc(-c2ccc(N(c3ccc(-c4cccc5ccccc45)cc3)c3cccc(-c4cc5ccccc5c5ccccc45)c3-c3cccc4ccccc34)cc2)cc1. The molecule has 0 unspecified atom stereocenters. The second kappa shape index (κ2) is 14.6. The molecule has 276 valence electrons. The Morgan fingerprint density at radius 2 is 0.695 bits per heavy atom. The number of hydrogen-bond donors (Lipinski definition) is 0. The quantitative estimate of drug-likeness (QED) is 0.147. The minimum absolute atomic E-state index is 1.09. The Hall–Kier alpha value is -7.74. The molecule has 0 aliphatic rings. The molecule has 0 bridgehead atoms. The van der Waals surface area contributed by atoms with E-state index in [-0.39, 0.29) is 0 Å². The average Bonchev–Trinajstić information content (AvgIpc) is 3.32. The Morgan fingerprint density at radius 3 is 1.37 bits per heavy atom. The molecule has 0 heterocycles. The predicted octanol–water partition coefficient (Wildman–Crippen LogP) is 16.4. The first-order chi connectivity index (χ1) is 29.3. The van der Waals surface area contributed by atoms with Crippen LogP contribution in [0, 0.1) is 0 Å². The van der Waals surface area contributed by atoms with Gasteiger partial charge in [0.1, 0.15) is 0 Å². The summed E-state index contributed by atoms with van der Waals surface area (Å²) in [5, 5.41) is 9.92. The first kappa shape index (κ1) is 34.5. The zero-order chi connectivity index (χ0) is 39.1. The van der Waals surface area contributed by atoms with Crippen molar-refractivity contribution in [1.82, 2.24) is 0 Å². The maximum atomic E-state index is 2.45. The normalized spacial score (nSPS) is 11.4. The van der Waals surface area contributed by atoms with Crippen molar-refractivity contribution in [2.45, 2.75) is 0 Å². The van der Waals surface area contributed by atoms with Gasteiger partial charge in [-0.2, -0.15) is 0 Å². The molecule has 0 fully saturated rings. The van der Waals surface area contributed by atoms with Gasteiger partial charge in [-0.25, -0.2) is 0 Å². The summed E-state index contributed by atoms with van der Waals surface area (Å²) in [6, 6.07) is 86.4. The number of nitrogens with zero attached hydrogens (tertiary/aromatic N) is 1. The van der Waals surface area contributed by atoms with Crippen LogP contribution in [0.1, 0.15) is 0 Å². The van der Waals surface area contributed by atoms with Crippen molar-refractivity contribution in [3.8, 4) is 44.5 Å². The molecule has 0 aliphatic heterocycles. The third-order valence-corrected chi connectivity index (χ3v) is 11.9. The van der Waals surface area contributed by atoms with E-state index in [4.69, 9.17) is 0 Å². The van der Waals surface area contributed by atoms with Gasteiger partial charge < -0.3 is 4.90 Å². The third kappa shape index (κ3) is 6.12. The van der Waals surface area contributed by atoms with Crippen LogP contribution in [0.15, 0.2) is 237 Å². The number of anilines is 3. The van der Waals surface area contributed by atoms with Crippen molar-refractivity contribution in [3.63, 3.8) is 0 Å². The second-order valence-corrected chi connectivity index (χ2v) is 15.2. The Balaban J connectivity index is 1.19. The van der Waals surface area contributed by atoms with Gasteiger partial charge >= 0.3 is 0 Å². The topological polar surface area (TPSA) is 3.24 Å². The molecule has 0 N–H and O–H groups in total. The molecule has 0 spiro atoms. The van der Waals surface area contributed by atoms with Gasteiger partial charge in [-0.05, 0) is 118 Å². The monoisotopic (exact) mass is 749 g/mol. The number of rotatable bonds is 7. The van der Waals surface area contributed by atoms with Crippen molar-refractivity contribution in [3.05, 3.63) is 237 Å². The summed E-state index contributed by atoms with van der Waals surface area (Å²) in [6.07, 6.45) is 0. The van der Waals surface area contributed by atoms with Crippen LogP contribution in [0.4, 0.5) is 17.1 Å². The fourth-order valence-corrected chi connectivity index (χ4v) is 9.08. The van der Waals surface area contributed by atoms with Crippen LogP contribution in [0.25, 0.3) is 87.6 Å².